The molecule has 0 aromatic heterocycles. The van der Waals surface area contributed by atoms with E-state index < -0.39 is 0 Å². The summed E-state index contributed by atoms with van der Waals surface area (Å²) in [4.78, 5) is 2.57. The molecule has 1 aromatic rings. The second-order valence-corrected chi connectivity index (χ2v) is 6.36. The first-order valence-electron chi connectivity index (χ1n) is 8.31. The van der Waals surface area contributed by atoms with Gasteiger partial charge in [-0.1, -0.05) is 32.0 Å². The fraction of sp³-hybridized carbons (Fsp3) is 0.667. The number of aryl methyl sites for hydroxylation is 1. The molecule has 0 radical (unpaired) electrons. The summed E-state index contributed by atoms with van der Waals surface area (Å²) in [5.74, 6) is 0.828. The number of anilines is 1. The van der Waals surface area contributed by atoms with Crippen LogP contribution in [0.3, 0.4) is 0 Å². The summed E-state index contributed by atoms with van der Waals surface area (Å²) in [5, 5.41) is 3.60. The minimum Gasteiger partial charge on any atom is -0.370 e. The average Bonchev–Trinajstić information content (AvgIpc) is 2.65. The highest BCUT2D eigenvalue weighted by Gasteiger charge is 2.13. The summed E-state index contributed by atoms with van der Waals surface area (Å²) < 4.78 is 0. The molecule has 2 nitrogen and oxygen atoms in total. The summed E-state index contributed by atoms with van der Waals surface area (Å²) >= 11 is 0. The Balaban J connectivity index is 1.75. The zero-order chi connectivity index (χ0) is 14.2. The minimum absolute atomic E-state index is 0.828. The minimum atomic E-state index is 0.828. The van der Waals surface area contributed by atoms with Crippen molar-refractivity contribution in [2.75, 3.05) is 31.1 Å². The Morgan fingerprint density at radius 1 is 1.15 bits per heavy atom. The van der Waals surface area contributed by atoms with Gasteiger partial charge in [0.05, 0.1) is 0 Å². The van der Waals surface area contributed by atoms with Gasteiger partial charge in [-0.15, -0.1) is 0 Å². The number of benzene rings is 1. The van der Waals surface area contributed by atoms with Crippen molar-refractivity contribution in [2.45, 2.75) is 46.0 Å². The molecule has 112 valence electrons. The molecule has 0 bridgehead atoms. The highest BCUT2D eigenvalue weighted by Crippen LogP contribution is 2.25. The summed E-state index contributed by atoms with van der Waals surface area (Å²) in [6, 6.07) is 8.93. The van der Waals surface area contributed by atoms with Gasteiger partial charge in [0.15, 0.2) is 0 Å². The third-order valence-corrected chi connectivity index (χ3v) is 4.15. The highest BCUT2D eigenvalue weighted by atomic mass is 15.1. The van der Waals surface area contributed by atoms with Crippen molar-refractivity contribution in [1.29, 1.82) is 0 Å². The molecule has 0 spiro atoms. The van der Waals surface area contributed by atoms with Crippen molar-refractivity contribution in [3.63, 3.8) is 0 Å². The molecule has 0 amide bonds. The quantitative estimate of drug-likeness (QED) is 0.760. The van der Waals surface area contributed by atoms with Gasteiger partial charge in [-0.3, -0.25) is 0 Å². The number of nitrogens with one attached hydrogen (secondary N) is 1. The largest absolute Gasteiger partial charge is 0.370 e. The van der Waals surface area contributed by atoms with Crippen molar-refractivity contribution in [3.05, 3.63) is 29.8 Å². The fourth-order valence-corrected chi connectivity index (χ4v) is 2.98. The van der Waals surface area contributed by atoms with Crippen LogP contribution in [-0.2, 0) is 6.42 Å². The van der Waals surface area contributed by atoms with Crippen LogP contribution in [0, 0.1) is 5.92 Å². The third-order valence-electron chi connectivity index (χ3n) is 4.15. The Bertz CT molecular complexity index is 387. The SMILES string of the molecule is CC(C)CCCNCCN1CCCCc2ccccc21. The molecule has 0 unspecified atom stereocenters. The van der Waals surface area contributed by atoms with Crippen molar-refractivity contribution >= 4 is 5.69 Å². The number of nitrogens with zero attached hydrogens (tertiary/aromatic N) is 1. The lowest BCUT2D eigenvalue weighted by Gasteiger charge is -2.25. The van der Waals surface area contributed by atoms with E-state index in [2.05, 4.69) is 48.3 Å². The standard InChI is InChI=1S/C18H30N2/c1-16(2)8-7-12-19-13-15-20-14-6-5-10-17-9-3-4-11-18(17)20/h3-4,9,11,16,19H,5-8,10,12-15H2,1-2H3. The van der Waals surface area contributed by atoms with E-state index in [0.717, 1.165) is 25.6 Å². The predicted molar refractivity (Wildman–Crippen MR) is 88.5 cm³/mol. The van der Waals surface area contributed by atoms with Crippen LogP contribution in [0.25, 0.3) is 0 Å². The molecule has 1 N–H and O–H groups in total. The maximum Gasteiger partial charge on any atom is 0.0399 e. The molecule has 2 rings (SSSR count). The van der Waals surface area contributed by atoms with Crippen molar-refractivity contribution in [3.8, 4) is 0 Å². The van der Waals surface area contributed by atoms with Crippen LogP contribution in [0.15, 0.2) is 24.3 Å². The third kappa shape index (κ3) is 4.82. The number of hydrogen-bond donors (Lipinski definition) is 1. The lowest BCUT2D eigenvalue weighted by atomic mass is 10.1. The van der Waals surface area contributed by atoms with E-state index in [4.69, 9.17) is 0 Å². The molecular formula is C18H30N2. The first-order chi connectivity index (χ1) is 9.77. The van der Waals surface area contributed by atoms with E-state index in [-0.39, 0.29) is 0 Å². The molecule has 1 aromatic carbocycles. The Labute approximate surface area is 124 Å². The van der Waals surface area contributed by atoms with Gasteiger partial charge in [-0.2, -0.15) is 0 Å². The van der Waals surface area contributed by atoms with Gasteiger partial charge in [0.25, 0.3) is 0 Å². The van der Waals surface area contributed by atoms with Gasteiger partial charge < -0.3 is 10.2 Å². The number of fused-ring (bicyclic) bond motifs is 1. The zero-order valence-electron chi connectivity index (χ0n) is 13.2. The number of para-hydroxylation sites is 1. The van der Waals surface area contributed by atoms with Crippen molar-refractivity contribution in [2.24, 2.45) is 5.92 Å². The van der Waals surface area contributed by atoms with E-state index in [9.17, 15) is 0 Å². The van der Waals surface area contributed by atoms with Gasteiger partial charge in [0, 0.05) is 25.3 Å². The molecule has 2 heteroatoms. The van der Waals surface area contributed by atoms with Gasteiger partial charge in [-0.25, -0.2) is 0 Å². The second kappa shape index (κ2) is 8.31. The number of rotatable bonds is 7. The fourth-order valence-electron chi connectivity index (χ4n) is 2.98. The van der Waals surface area contributed by atoms with Crippen molar-refractivity contribution in [1.82, 2.24) is 5.32 Å². The molecule has 0 aliphatic carbocycles. The maximum absolute atomic E-state index is 3.60. The van der Waals surface area contributed by atoms with Gasteiger partial charge in [0.1, 0.15) is 0 Å². The second-order valence-electron chi connectivity index (χ2n) is 6.36. The first-order valence-corrected chi connectivity index (χ1v) is 8.31. The van der Waals surface area contributed by atoms with Crippen LogP contribution < -0.4 is 10.2 Å². The van der Waals surface area contributed by atoms with Gasteiger partial charge in [0.2, 0.25) is 0 Å². The van der Waals surface area contributed by atoms with E-state index in [0.29, 0.717) is 0 Å². The van der Waals surface area contributed by atoms with Crippen LogP contribution in [-0.4, -0.2) is 26.2 Å². The Kier molecular flexibility index (Phi) is 6.38. The summed E-state index contributed by atoms with van der Waals surface area (Å²) in [5.41, 5.74) is 3.00. The molecule has 0 atom stereocenters. The molecule has 20 heavy (non-hydrogen) atoms. The summed E-state index contributed by atoms with van der Waals surface area (Å²) in [6.07, 6.45) is 6.53. The van der Waals surface area contributed by atoms with E-state index >= 15 is 0 Å². The van der Waals surface area contributed by atoms with Gasteiger partial charge in [-0.05, 0) is 56.2 Å². The molecule has 1 heterocycles. The Morgan fingerprint density at radius 2 is 2.00 bits per heavy atom. The van der Waals surface area contributed by atoms with E-state index in [1.54, 1.807) is 0 Å². The average molecular weight is 274 g/mol. The van der Waals surface area contributed by atoms with E-state index in [1.807, 2.05) is 0 Å². The molecular weight excluding hydrogens is 244 g/mol. The normalized spacial score (nSPS) is 15.2. The summed E-state index contributed by atoms with van der Waals surface area (Å²) in [6.45, 7) is 9.21. The highest BCUT2D eigenvalue weighted by molar-refractivity contribution is 5.54. The summed E-state index contributed by atoms with van der Waals surface area (Å²) in [7, 11) is 0. The Morgan fingerprint density at radius 3 is 2.85 bits per heavy atom. The maximum atomic E-state index is 3.60. The first kappa shape index (κ1) is 15.4. The molecule has 0 saturated heterocycles. The van der Waals surface area contributed by atoms with Crippen molar-refractivity contribution < 1.29 is 0 Å². The van der Waals surface area contributed by atoms with Crippen LogP contribution in [0.5, 0.6) is 0 Å². The smallest absolute Gasteiger partial charge is 0.0399 e. The Hall–Kier alpha value is -1.02. The van der Waals surface area contributed by atoms with Crippen LogP contribution in [0.2, 0.25) is 0 Å². The monoisotopic (exact) mass is 274 g/mol. The lowest BCUT2D eigenvalue weighted by molar-refractivity contribution is 0.527. The lowest BCUT2D eigenvalue weighted by Crippen LogP contribution is -2.33. The van der Waals surface area contributed by atoms with Crippen LogP contribution in [0.4, 0.5) is 5.69 Å². The van der Waals surface area contributed by atoms with Gasteiger partial charge >= 0.3 is 0 Å². The van der Waals surface area contributed by atoms with E-state index in [1.165, 1.54) is 49.9 Å². The molecule has 1 aliphatic rings. The molecule has 0 saturated carbocycles. The topological polar surface area (TPSA) is 15.3 Å². The number of hydrogen-bond acceptors (Lipinski definition) is 2. The van der Waals surface area contributed by atoms with Crippen LogP contribution >= 0.6 is 0 Å². The molecule has 0 fully saturated rings. The molecule has 1 aliphatic heterocycles. The van der Waals surface area contributed by atoms with Crippen LogP contribution in [0.1, 0.15) is 45.1 Å². The zero-order valence-corrected chi connectivity index (χ0v) is 13.2. The predicted octanol–water partition coefficient (Wildman–Crippen LogP) is 3.86.